The number of anilines is 1. The number of likely N-dealkylation sites (N-methyl/N-ethyl adjacent to an activating group) is 1. The third-order valence-electron chi connectivity index (χ3n) is 4.14. The highest BCUT2D eigenvalue weighted by atomic mass is 16.5. The number of methoxy groups -OCH3 is 1. The molecule has 0 spiro atoms. The number of nitrogens with zero attached hydrogens (tertiary/aromatic N) is 4. The van der Waals surface area contributed by atoms with Gasteiger partial charge in [0.15, 0.2) is 5.82 Å². The number of piperidine rings is 1. The van der Waals surface area contributed by atoms with Crippen LogP contribution >= 0.6 is 0 Å². The van der Waals surface area contributed by atoms with Gasteiger partial charge in [0, 0.05) is 45.6 Å². The maximum atomic E-state index is 12.0. The highest BCUT2D eigenvalue weighted by Crippen LogP contribution is 2.19. The van der Waals surface area contributed by atoms with E-state index >= 15 is 0 Å². The van der Waals surface area contributed by atoms with Gasteiger partial charge in [-0.3, -0.25) is 9.69 Å². The molecule has 1 atom stereocenters. The van der Waals surface area contributed by atoms with Crippen LogP contribution < -0.4 is 10.2 Å². The third kappa shape index (κ3) is 5.76. The summed E-state index contributed by atoms with van der Waals surface area (Å²) in [6.07, 6.45) is 4.73. The Balaban J connectivity index is 1.77. The summed E-state index contributed by atoms with van der Waals surface area (Å²) in [7, 11) is 3.68. The Morgan fingerprint density at radius 2 is 2.43 bits per heavy atom. The van der Waals surface area contributed by atoms with Crippen molar-refractivity contribution in [2.45, 2.75) is 25.3 Å². The van der Waals surface area contributed by atoms with E-state index < -0.39 is 0 Å². The van der Waals surface area contributed by atoms with Crippen molar-refractivity contribution in [1.82, 2.24) is 20.4 Å². The van der Waals surface area contributed by atoms with E-state index in [1.54, 1.807) is 13.3 Å². The molecular weight excluding hydrogens is 294 g/mol. The minimum absolute atomic E-state index is 0.0697. The van der Waals surface area contributed by atoms with E-state index in [1.807, 2.05) is 19.2 Å². The van der Waals surface area contributed by atoms with E-state index in [2.05, 4.69) is 25.3 Å². The highest BCUT2D eigenvalue weighted by Gasteiger charge is 2.25. The Kier molecular flexibility index (Phi) is 7.22. The summed E-state index contributed by atoms with van der Waals surface area (Å²) in [6, 6.07) is 4.25. The number of ether oxygens (including phenoxy) is 1. The lowest BCUT2D eigenvalue weighted by Crippen LogP contribution is -2.49. The maximum absolute atomic E-state index is 12.0. The Morgan fingerprint density at radius 3 is 3.17 bits per heavy atom. The standard InChI is InChI=1S/C16H27N5O2/c1-20(13-16(22)17-8-5-11-23-2)14-6-4-10-21(12-14)15-7-3-9-18-19-15/h3,7,9,14H,4-6,8,10-13H2,1-2H3,(H,17,22)/t14-/m1/s1. The fraction of sp³-hybridized carbons (Fsp3) is 0.688. The number of nitrogens with one attached hydrogen (secondary N) is 1. The second-order valence-corrected chi connectivity index (χ2v) is 5.94. The van der Waals surface area contributed by atoms with Gasteiger partial charge in [0.2, 0.25) is 5.91 Å². The molecule has 128 valence electrons. The van der Waals surface area contributed by atoms with Crippen molar-refractivity contribution in [2.24, 2.45) is 0 Å². The summed E-state index contributed by atoms with van der Waals surface area (Å²) < 4.78 is 4.98. The number of hydrogen-bond donors (Lipinski definition) is 1. The topological polar surface area (TPSA) is 70.6 Å². The van der Waals surface area contributed by atoms with Crippen LogP contribution in [-0.4, -0.2) is 74.0 Å². The van der Waals surface area contributed by atoms with Crippen LogP contribution in [0.3, 0.4) is 0 Å². The number of hydrogen-bond acceptors (Lipinski definition) is 6. The molecule has 23 heavy (non-hydrogen) atoms. The Hall–Kier alpha value is -1.73. The molecule has 0 aliphatic carbocycles. The lowest BCUT2D eigenvalue weighted by molar-refractivity contribution is -0.122. The van der Waals surface area contributed by atoms with Crippen molar-refractivity contribution >= 4 is 11.7 Å². The predicted molar refractivity (Wildman–Crippen MR) is 89.4 cm³/mol. The first-order valence-corrected chi connectivity index (χ1v) is 8.19. The van der Waals surface area contributed by atoms with Crippen LogP contribution in [0.5, 0.6) is 0 Å². The van der Waals surface area contributed by atoms with Crippen LogP contribution in [-0.2, 0) is 9.53 Å². The zero-order valence-electron chi connectivity index (χ0n) is 14.1. The van der Waals surface area contributed by atoms with Gasteiger partial charge in [-0.15, -0.1) is 5.10 Å². The maximum Gasteiger partial charge on any atom is 0.234 e. The molecule has 1 aliphatic rings. The zero-order chi connectivity index (χ0) is 16.5. The molecule has 0 aromatic carbocycles. The molecule has 7 heteroatoms. The van der Waals surface area contributed by atoms with Gasteiger partial charge in [-0.05, 0) is 38.4 Å². The first-order valence-electron chi connectivity index (χ1n) is 8.19. The lowest BCUT2D eigenvalue weighted by Gasteiger charge is -2.37. The van der Waals surface area contributed by atoms with Gasteiger partial charge >= 0.3 is 0 Å². The summed E-state index contributed by atoms with van der Waals surface area (Å²) in [6.45, 7) is 3.63. The monoisotopic (exact) mass is 321 g/mol. The summed E-state index contributed by atoms with van der Waals surface area (Å²) >= 11 is 0. The van der Waals surface area contributed by atoms with Crippen LogP contribution in [0.1, 0.15) is 19.3 Å². The first kappa shape index (κ1) is 17.6. The highest BCUT2D eigenvalue weighted by molar-refractivity contribution is 5.78. The second kappa shape index (κ2) is 9.42. The zero-order valence-corrected chi connectivity index (χ0v) is 14.1. The Bertz CT molecular complexity index is 471. The number of carbonyl (C=O) groups is 1. The minimum Gasteiger partial charge on any atom is -0.385 e. The van der Waals surface area contributed by atoms with E-state index in [-0.39, 0.29) is 5.91 Å². The van der Waals surface area contributed by atoms with Crippen molar-refractivity contribution in [1.29, 1.82) is 0 Å². The van der Waals surface area contributed by atoms with E-state index in [4.69, 9.17) is 4.74 Å². The molecule has 1 N–H and O–H groups in total. The van der Waals surface area contributed by atoms with Gasteiger partial charge in [-0.2, -0.15) is 5.10 Å². The summed E-state index contributed by atoms with van der Waals surface area (Å²) in [5, 5.41) is 11.1. The van der Waals surface area contributed by atoms with Crippen LogP contribution in [0.2, 0.25) is 0 Å². The van der Waals surface area contributed by atoms with E-state index in [1.165, 1.54) is 0 Å². The molecule has 2 rings (SSSR count). The molecule has 1 aromatic heterocycles. The molecule has 1 amide bonds. The molecule has 1 saturated heterocycles. The predicted octanol–water partition coefficient (Wildman–Crippen LogP) is 0.530. The minimum atomic E-state index is 0.0697. The fourth-order valence-electron chi connectivity index (χ4n) is 2.84. The largest absolute Gasteiger partial charge is 0.385 e. The molecule has 0 bridgehead atoms. The van der Waals surface area contributed by atoms with Crippen LogP contribution in [0, 0.1) is 0 Å². The van der Waals surface area contributed by atoms with Gasteiger partial charge in [0.1, 0.15) is 0 Å². The van der Waals surface area contributed by atoms with Gasteiger partial charge in [0.25, 0.3) is 0 Å². The van der Waals surface area contributed by atoms with Crippen LogP contribution in [0.25, 0.3) is 0 Å². The second-order valence-electron chi connectivity index (χ2n) is 5.94. The normalized spacial score (nSPS) is 18.2. The average molecular weight is 321 g/mol. The smallest absolute Gasteiger partial charge is 0.234 e. The molecule has 0 saturated carbocycles. The molecule has 1 aromatic rings. The summed E-state index contributed by atoms with van der Waals surface area (Å²) in [5.74, 6) is 0.981. The Labute approximate surface area is 138 Å². The van der Waals surface area contributed by atoms with Gasteiger partial charge in [0.05, 0.1) is 6.54 Å². The fourth-order valence-corrected chi connectivity index (χ4v) is 2.84. The Morgan fingerprint density at radius 1 is 1.57 bits per heavy atom. The first-order chi connectivity index (χ1) is 11.2. The lowest BCUT2D eigenvalue weighted by atomic mass is 10.0. The van der Waals surface area contributed by atoms with Crippen molar-refractivity contribution in [3.05, 3.63) is 18.3 Å². The molecule has 7 nitrogen and oxygen atoms in total. The number of amides is 1. The molecule has 2 heterocycles. The van der Waals surface area contributed by atoms with Crippen molar-refractivity contribution in [3.63, 3.8) is 0 Å². The van der Waals surface area contributed by atoms with Gasteiger partial charge in [-0.25, -0.2) is 0 Å². The molecule has 1 fully saturated rings. The summed E-state index contributed by atoms with van der Waals surface area (Å²) in [5.41, 5.74) is 0. The number of rotatable bonds is 8. The van der Waals surface area contributed by atoms with Gasteiger partial charge in [-0.1, -0.05) is 0 Å². The van der Waals surface area contributed by atoms with Gasteiger partial charge < -0.3 is 15.0 Å². The van der Waals surface area contributed by atoms with Crippen LogP contribution in [0.4, 0.5) is 5.82 Å². The number of carbonyl (C=O) groups excluding carboxylic acids is 1. The van der Waals surface area contributed by atoms with E-state index in [9.17, 15) is 4.79 Å². The molecular formula is C16H27N5O2. The molecule has 0 unspecified atom stereocenters. The average Bonchev–Trinajstić information content (AvgIpc) is 2.59. The third-order valence-corrected chi connectivity index (χ3v) is 4.14. The summed E-state index contributed by atoms with van der Waals surface area (Å²) in [4.78, 5) is 16.4. The van der Waals surface area contributed by atoms with Crippen LogP contribution in [0.15, 0.2) is 18.3 Å². The SMILES string of the molecule is COCCCNC(=O)CN(C)[C@@H]1CCCN(c2cccnn2)C1. The van der Waals surface area contributed by atoms with Crippen molar-refractivity contribution in [2.75, 3.05) is 51.8 Å². The van der Waals surface area contributed by atoms with E-state index in [0.29, 0.717) is 25.7 Å². The molecule has 1 aliphatic heterocycles. The number of aromatic nitrogens is 2. The molecule has 0 radical (unpaired) electrons. The van der Waals surface area contributed by atoms with Crippen molar-refractivity contribution < 1.29 is 9.53 Å². The quantitative estimate of drug-likeness (QED) is 0.704. The van der Waals surface area contributed by atoms with Crippen molar-refractivity contribution in [3.8, 4) is 0 Å². The van der Waals surface area contributed by atoms with E-state index in [0.717, 1.165) is 38.2 Å².